The highest BCUT2D eigenvalue weighted by Crippen LogP contribution is 2.17. The summed E-state index contributed by atoms with van der Waals surface area (Å²) in [5, 5.41) is 8.72. The van der Waals surface area contributed by atoms with Gasteiger partial charge >= 0.3 is 5.97 Å². The normalized spacial score (nSPS) is 12.4. The number of hydrogen-bond donors (Lipinski definition) is 2. The molecule has 6 heteroatoms. The maximum atomic E-state index is 11.3. The zero-order valence-corrected chi connectivity index (χ0v) is 9.10. The molecule has 0 aromatic heterocycles. The van der Waals surface area contributed by atoms with E-state index < -0.39 is 27.2 Å². The van der Waals surface area contributed by atoms with Gasteiger partial charge < -0.3 is 5.11 Å². The number of aliphatic carboxylic acids is 1. The number of hydrogen-bond acceptors (Lipinski definition) is 3. The third-order valence-electron chi connectivity index (χ3n) is 1.58. The average Bonchev–Trinajstić information content (AvgIpc) is 1.99. The highest BCUT2D eigenvalue weighted by atomic mass is 32.2. The average molecular weight is 221 g/mol. The summed E-state index contributed by atoms with van der Waals surface area (Å²) in [6, 6.07) is 0. The number of carboxylic acids is 1. The summed E-state index contributed by atoms with van der Waals surface area (Å²) in [6.07, 6.45) is 1.39. The van der Waals surface area contributed by atoms with Crippen LogP contribution in [0, 0.1) is 5.41 Å². The zero-order valence-electron chi connectivity index (χ0n) is 8.28. The molecule has 14 heavy (non-hydrogen) atoms. The second-order valence-corrected chi connectivity index (χ2v) is 5.39. The smallest absolute Gasteiger partial charge is 0.310 e. The van der Waals surface area contributed by atoms with E-state index in [4.69, 9.17) is 5.11 Å². The largest absolute Gasteiger partial charge is 0.481 e. The minimum Gasteiger partial charge on any atom is -0.481 e. The number of nitrogens with one attached hydrogen (secondary N) is 1. The lowest BCUT2D eigenvalue weighted by Crippen LogP contribution is -2.38. The second kappa shape index (κ2) is 4.56. The van der Waals surface area contributed by atoms with E-state index >= 15 is 0 Å². The quantitative estimate of drug-likeness (QED) is 0.628. The summed E-state index contributed by atoms with van der Waals surface area (Å²) < 4.78 is 24.8. The Bertz CT molecular complexity index is 318. The van der Waals surface area contributed by atoms with Crippen molar-refractivity contribution in [2.45, 2.75) is 13.8 Å². The number of carboxylic acid groups (broad SMARTS) is 1. The molecule has 5 nitrogen and oxygen atoms in total. The van der Waals surface area contributed by atoms with E-state index in [-0.39, 0.29) is 6.54 Å². The molecule has 2 N–H and O–H groups in total. The molecule has 0 spiro atoms. The predicted octanol–water partition coefficient (Wildman–Crippen LogP) is 0.203. The van der Waals surface area contributed by atoms with Crippen LogP contribution in [0.2, 0.25) is 0 Å². The summed E-state index contributed by atoms with van der Waals surface area (Å²) in [6.45, 7) is 6.19. The summed E-state index contributed by atoms with van der Waals surface area (Å²) in [7, 11) is -3.55. The summed E-state index contributed by atoms with van der Waals surface area (Å²) in [5.74, 6) is -1.58. The van der Waals surface area contributed by atoms with Crippen molar-refractivity contribution in [1.29, 1.82) is 0 Å². The standard InChI is InChI=1S/C8H15NO4S/c1-4-5-9-14(12,13)6-8(2,3)7(10)11/h4,9H,1,5-6H2,2-3H3,(H,10,11). The van der Waals surface area contributed by atoms with Crippen LogP contribution in [0.25, 0.3) is 0 Å². The lowest BCUT2D eigenvalue weighted by atomic mass is 9.97. The maximum Gasteiger partial charge on any atom is 0.310 e. The Morgan fingerprint density at radius 3 is 2.43 bits per heavy atom. The van der Waals surface area contributed by atoms with E-state index in [9.17, 15) is 13.2 Å². The van der Waals surface area contributed by atoms with Crippen LogP contribution in [0.3, 0.4) is 0 Å². The third kappa shape index (κ3) is 4.38. The molecule has 0 amide bonds. The van der Waals surface area contributed by atoms with Crippen LogP contribution in [-0.2, 0) is 14.8 Å². The van der Waals surface area contributed by atoms with Gasteiger partial charge in [0.2, 0.25) is 10.0 Å². The van der Waals surface area contributed by atoms with Gasteiger partial charge in [-0.25, -0.2) is 13.1 Å². The van der Waals surface area contributed by atoms with Gasteiger partial charge in [-0.3, -0.25) is 4.79 Å². The van der Waals surface area contributed by atoms with Crippen molar-refractivity contribution in [1.82, 2.24) is 4.72 Å². The molecule has 0 aliphatic rings. The van der Waals surface area contributed by atoms with Gasteiger partial charge in [0.05, 0.1) is 11.2 Å². The first-order valence-electron chi connectivity index (χ1n) is 4.03. The Kier molecular flexibility index (Phi) is 4.28. The van der Waals surface area contributed by atoms with Crippen LogP contribution in [0.4, 0.5) is 0 Å². The molecule has 0 aliphatic heterocycles. The fourth-order valence-corrected chi connectivity index (χ4v) is 2.32. The second-order valence-electron chi connectivity index (χ2n) is 3.59. The van der Waals surface area contributed by atoms with Crippen molar-refractivity contribution in [2.75, 3.05) is 12.3 Å². The predicted molar refractivity (Wildman–Crippen MR) is 53.4 cm³/mol. The third-order valence-corrected chi connectivity index (χ3v) is 3.29. The van der Waals surface area contributed by atoms with Gasteiger partial charge in [0, 0.05) is 6.54 Å². The number of sulfonamides is 1. The molecule has 0 fully saturated rings. The first-order valence-corrected chi connectivity index (χ1v) is 5.68. The van der Waals surface area contributed by atoms with E-state index in [1.807, 2.05) is 0 Å². The fourth-order valence-electron chi connectivity index (χ4n) is 0.774. The maximum absolute atomic E-state index is 11.3. The van der Waals surface area contributed by atoms with Gasteiger partial charge in [0.1, 0.15) is 0 Å². The zero-order chi connectivity index (χ0) is 11.4. The minimum absolute atomic E-state index is 0.109. The van der Waals surface area contributed by atoms with Crippen LogP contribution < -0.4 is 4.72 Å². The van der Waals surface area contributed by atoms with E-state index in [0.29, 0.717) is 0 Å². The van der Waals surface area contributed by atoms with Crippen LogP contribution in [0.1, 0.15) is 13.8 Å². The Morgan fingerprint density at radius 1 is 1.57 bits per heavy atom. The van der Waals surface area contributed by atoms with Crippen molar-refractivity contribution in [3.63, 3.8) is 0 Å². The first kappa shape index (κ1) is 13.1. The molecule has 0 atom stereocenters. The Labute approximate surface area is 83.9 Å². The van der Waals surface area contributed by atoms with Crippen LogP contribution in [-0.4, -0.2) is 31.8 Å². The minimum atomic E-state index is -3.55. The molecule has 0 saturated heterocycles. The molecule has 0 radical (unpaired) electrons. The molecule has 0 bridgehead atoms. The van der Waals surface area contributed by atoms with Gasteiger partial charge in [-0.1, -0.05) is 6.08 Å². The number of rotatable bonds is 6. The summed E-state index contributed by atoms with van der Waals surface area (Å²) >= 11 is 0. The van der Waals surface area contributed by atoms with E-state index in [0.717, 1.165) is 0 Å². The van der Waals surface area contributed by atoms with Crippen LogP contribution in [0.5, 0.6) is 0 Å². The van der Waals surface area contributed by atoms with Crippen molar-refractivity contribution >= 4 is 16.0 Å². The molecular formula is C8H15NO4S. The molecule has 0 aliphatic carbocycles. The molecule has 0 unspecified atom stereocenters. The van der Waals surface area contributed by atoms with Gasteiger partial charge in [0.25, 0.3) is 0 Å². The topological polar surface area (TPSA) is 83.5 Å². The molecule has 0 aromatic rings. The highest BCUT2D eigenvalue weighted by Gasteiger charge is 2.32. The van der Waals surface area contributed by atoms with Crippen molar-refractivity contribution < 1.29 is 18.3 Å². The van der Waals surface area contributed by atoms with Crippen LogP contribution >= 0.6 is 0 Å². The molecule has 0 saturated carbocycles. The van der Waals surface area contributed by atoms with Crippen molar-refractivity contribution in [3.8, 4) is 0 Å². The first-order chi connectivity index (χ1) is 6.21. The lowest BCUT2D eigenvalue weighted by Gasteiger charge is -2.18. The monoisotopic (exact) mass is 221 g/mol. The molecule has 0 heterocycles. The van der Waals surface area contributed by atoms with Gasteiger partial charge in [0.15, 0.2) is 0 Å². The molecule has 82 valence electrons. The number of carbonyl (C=O) groups is 1. The van der Waals surface area contributed by atoms with Gasteiger partial charge in [-0.2, -0.15) is 0 Å². The van der Waals surface area contributed by atoms with Crippen molar-refractivity contribution in [2.24, 2.45) is 5.41 Å². The summed E-state index contributed by atoms with van der Waals surface area (Å²) in [5.41, 5.74) is -1.28. The molecule has 0 aromatic carbocycles. The lowest BCUT2D eigenvalue weighted by molar-refractivity contribution is -0.145. The molecule has 0 rings (SSSR count). The molecular weight excluding hydrogens is 206 g/mol. The van der Waals surface area contributed by atoms with E-state index in [1.165, 1.54) is 19.9 Å². The highest BCUT2D eigenvalue weighted by molar-refractivity contribution is 7.89. The van der Waals surface area contributed by atoms with Crippen molar-refractivity contribution in [3.05, 3.63) is 12.7 Å². The van der Waals surface area contributed by atoms with Gasteiger partial charge in [-0.05, 0) is 13.8 Å². The van der Waals surface area contributed by atoms with Crippen LogP contribution in [0.15, 0.2) is 12.7 Å². The Hall–Kier alpha value is -0.880. The Morgan fingerprint density at radius 2 is 2.07 bits per heavy atom. The van der Waals surface area contributed by atoms with Gasteiger partial charge in [-0.15, -0.1) is 6.58 Å². The fraction of sp³-hybridized carbons (Fsp3) is 0.625. The SMILES string of the molecule is C=CCNS(=O)(=O)CC(C)(C)C(=O)O. The Balaban J connectivity index is 4.51. The summed E-state index contributed by atoms with van der Waals surface area (Å²) in [4.78, 5) is 10.7. The van der Waals surface area contributed by atoms with E-state index in [2.05, 4.69) is 11.3 Å². The van der Waals surface area contributed by atoms with E-state index in [1.54, 1.807) is 0 Å².